The van der Waals surface area contributed by atoms with Gasteiger partial charge in [-0.1, -0.05) is 0 Å². The van der Waals surface area contributed by atoms with Crippen molar-refractivity contribution >= 4 is 16.3 Å². The molecule has 5 heteroatoms. The number of hydrogen-bond donors (Lipinski definition) is 1. The number of thiazole rings is 1. The van der Waals surface area contributed by atoms with Crippen molar-refractivity contribution in [1.29, 1.82) is 0 Å². The largest absolute Gasteiger partial charge is 0.378 e. The molecule has 0 amide bonds. The molecule has 2 aromatic heterocycles. The topological polar surface area (TPSA) is 38.6 Å². The predicted octanol–water partition coefficient (Wildman–Crippen LogP) is 3.06. The Hall–Kier alpha value is -0.910. The first-order chi connectivity index (χ1) is 9.75. The van der Waals surface area contributed by atoms with Gasteiger partial charge in [-0.05, 0) is 46.1 Å². The summed E-state index contributed by atoms with van der Waals surface area (Å²) in [6.07, 6.45) is 5.35. The lowest BCUT2D eigenvalue weighted by molar-refractivity contribution is 0.0115. The van der Waals surface area contributed by atoms with Gasteiger partial charge in [0, 0.05) is 24.2 Å². The van der Waals surface area contributed by atoms with Gasteiger partial charge in [-0.2, -0.15) is 0 Å². The van der Waals surface area contributed by atoms with Crippen molar-refractivity contribution in [3.8, 4) is 0 Å². The number of aryl methyl sites for hydroxylation is 2. The fraction of sp³-hybridized carbons (Fsp3) is 0.667. The van der Waals surface area contributed by atoms with E-state index in [0.717, 1.165) is 36.8 Å². The van der Waals surface area contributed by atoms with Crippen molar-refractivity contribution < 1.29 is 4.74 Å². The van der Waals surface area contributed by atoms with Crippen LogP contribution in [0.5, 0.6) is 0 Å². The van der Waals surface area contributed by atoms with Crippen LogP contribution in [-0.2, 0) is 11.3 Å². The normalized spacial score (nSPS) is 19.8. The van der Waals surface area contributed by atoms with Crippen molar-refractivity contribution in [1.82, 2.24) is 14.7 Å². The van der Waals surface area contributed by atoms with Crippen LogP contribution in [0.4, 0.5) is 0 Å². The van der Waals surface area contributed by atoms with Crippen LogP contribution in [0.25, 0.3) is 4.96 Å². The van der Waals surface area contributed by atoms with E-state index in [1.165, 1.54) is 30.7 Å². The monoisotopic (exact) mass is 293 g/mol. The zero-order chi connectivity index (χ0) is 13.9. The van der Waals surface area contributed by atoms with Gasteiger partial charge >= 0.3 is 0 Å². The molecule has 1 saturated heterocycles. The van der Waals surface area contributed by atoms with E-state index < -0.39 is 0 Å². The number of rotatable bonds is 5. The third-order valence-corrected chi connectivity index (χ3v) is 4.98. The standard InChI is InChI=1S/C15H23N3OS/c1-11-10-20-15-17-12(2)14(18(11)15)9-16-7-6-13-5-3-4-8-19-13/h10,13,16H,3-9H2,1-2H3. The highest BCUT2D eigenvalue weighted by atomic mass is 32.1. The van der Waals surface area contributed by atoms with E-state index in [4.69, 9.17) is 4.74 Å². The molecule has 110 valence electrons. The fourth-order valence-electron chi connectivity index (χ4n) is 2.88. The molecular weight excluding hydrogens is 270 g/mol. The summed E-state index contributed by atoms with van der Waals surface area (Å²) in [5, 5.41) is 5.72. The second kappa shape index (κ2) is 6.24. The summed E-state index contributed by atoms with van der Waals surface area (Å²) in [7, 11) is 0. The SMILES string of the molecule is Cc1nc2scc(C)n2c1CNCCC1CCCCO1. The summed E-state index contributed by atoms with van der Waals surface area (Å²) in [4.78, 5) is 5.72. The predicted molar refractivity (Wildman–Crippen MR) is 82.5 cm³/mol. The van der Waals surface area contributed by atoms with Gasteiger partial charge in [0.05, 0.1) is 17.5 Å². The highest BCUT2D eigenvalue weighted by Gasteiger charge is 2.14. The zero-order valence-electron chi connectivity index (χ0n) is 12.3. The first-order valence-electron chi connectivity index (χ1n) is 7.50. The Balaban J connectivity index is 1.54. The third-order valence-electron chi connectivity index (χ3n) is 4.04. The number of hydrogen-bond acceptors (Lipinski definition) is 4. The van der Waals surface area contributed by atoms with Crippen LogP contribution in [0.3, 0.4) is 0 Å². The van der Waals surface area contributed by atoms with E-state index in [1.807, 2.05) is 0 Å². The number of nitrogens with one attached hydrogen (secondary N) is 1. The number of fused-ring (bicyclic) bond motifs is 1. The Bertz CT molecular complexity index is 569. The summed E-state index contributed by atoms with van der Waals surface area (Å²) >= 11 is 1.71. The van der Waals surface area contributed by atoms with Gasteiger partial charge in [-0.15, -0.1) is 11.3 Å². The Labute approximate surface area is 124 Å². The lowest BCUT2D eigenvalue weighted by Crippen LogP contribution is -2.25. The molecule has 0 aromatic carbocycles. The Morgan fingerprint density at radius 3 is 3.15 bits per heavy atom. The van der Waals surface area contributed by atoms with Crippen molar-refractivity contribution in [2.45, 2.75) is 52.2 Å². The summed E-state index contributed by atoms with van der Waals surface area (Å²) in [5.41, 5.74) is 3.71. The molecule has 1 unspecified atom stereocenters. The summed E-state index contributed by atoms with van der Waals surface area (Å²) < 4.78 is 8.03. The van der Waals surface area contributed by atoms with Crippen LogP contribution in [0, 0.1) is 13.8 Å². The molecular formula is C15H23N3OS. The van der Waals surface area contributed by atoms with Gasteiger partial charge in [0.1, 0.15) is 0 Å². The molecule has 1 aliphatic heterocycles. The van der Waals surface area contributed by atoms with Crippen LogP contribution in [-0.4, -0.2) is 28.6 Å². The molecule has 0 aliphatic carbocycles. The minimum Gasteiger partial charge on any atom is -0.378 e. The molecule has 2 aromatic rings. The molecule has 4 nitrogen and oxygen atoms in total. The molecule has 0 spiro atoms. The number of nitrogens with zero attached hydrogens (tertiary/aromatic N) is 2. The molecule has 1 fully saturated rings. The lowest BCUT2D eigenvalue weighted by atomic mass is 10.1. The lowest BCUT2D eigenvalue weighted by Gasteiger charge is -2.22. The van der Waals surface area contributed by atoms with Gasteiger partial charge in [-0.3, -0.25) is 4.40 Å². The number of aromatic nitrogens is 2. The smallest absolute Gasteiger partial charge is 0.194 e. The number of imidazole rings is 1. The highest BCUT2D eigenvalue weighted by Crippen LogP contribution is 2.20. The summed E-state index contributed by atoms with van der Waals surface area (Å²) in [6, 6.07) is 0. The second-order valence-corrected chi connectivity index (χ2v) is 6.43. The van der Waals surface area contributed by atoms with Crippen LogP contribution in [0.15, 0.2) is 5.38 Å². The maximum absolute atomic E-state index is 5.76. The first kappa shape index (κ1) is 14.0. The molecule has 0 saturated carbocycles. The van der Waals surface area contributed by atoms with Crippen molar-refractivity contribution in [3.05, 3.63) is 22.5 Å². The van der Waals surface area contributed by atoms with Crippen LogP contribution in [0.1, 0.15) is 42.8 Å². The van der Waals surface area contributed by atoms with Crippen molar-refractivity contribution in [2.24, 2.45) is 0 Å². The van der Waals surface area contributed by atoms with Gasteiger partial charge in [0.15, 0.2) is 4.96 Å². The Morgan fingerprint density at radius 1 is 1.45 bits per heavy atom. The van der Waals surface area contributed by atoms with Gasteiger partial charge < -0.3 is 10.1 Å². The summed E-state index contributed by atoms with van der Waals surface area (Å²) in [6.45, 7) is 7.09. The van der Waals surface area contributed by atoms with E-state index in [9.17, 15) is 0 Å². The molecule has 1 aliphatic rings. The molecule has 3 rings (SSSR count). The molecule has 1 N–H and O–H groups in total. The summed E-state index contributed by atoms with van der Waals surface area (Å²) in [5.74, 6) is 0. The van der Waals surface area contributed by atoms with Crippen LogP contribution < -0.4 is 5.32 Å². The van der Waals surface area contributed by atoms with Crippen molar-refractivity contribution in [2.75, 3.05) is 13.2 Å². The van der Waals surface area contributed by atoms with Crippen LogP contribution in [0.2, 0.25) is 0 Å². The molecule has 3 heterocycles. The molecule has 0 bridgehead atoms. The van der Waals surface area contributed by atoms with Gasteiger partial charge in [-0.25, -0.2) is 4.98 Å². The molecule has 1 atom stereocenters. The van der Waals surface area contributed by atoms with E-state index in [-0.39, 0.29) is 0 Å². The highest BCUT2D eigenvalue weighted by molar-refractivity contribution is 7.15. The minimum atomic E-state index is 0.464. The van der Waals surface area contributed by atoms with Crippen molar-refractivity contribution in [3.63, 3.8) is 0 Å². The van der Waals surface area contributed by atoms with Crippen LogP contribution >= 0.6 is 11.3 Å². The second-order valence-electron chi connectivity index (χ2n) is 5.59. The van der Waals surface area contributed by atoms with Gasteiger partial charge in [0.2, 0.25) is 0 Å². The number of ether oxygens (including phenoxy) is 1. The molecule has 0 radical (unpaired) electrons. The Kier molecular flexibility index (Phi) is 4.38. The zero-order valence-corrected chi connectivity index (χ0v) is 13.1. The average molecular weight is 293 g/mol. The minimum absolute atomic E-state index is 0.464. The van der Waals surface area contributed by atoms with E-state index in [0.29, 0.717) is 6.10 Å². The third kappa shape index (κ3) is 2.90. The molecule has 20 heavy (non-hydrogen) atoms. The maximum atomic E-state index is 5.76. The van der Waals surface area contributed by atoms with E-state index in [2.05, 4.69) is 33.9 Å². The quantitative estimate of drug-likeness (QED) is 0.861. The Morgan fingerprint density at radius 2 is 2.35 bits per heavy atom. The fourth-order valence-corrected chi connectivity index (χ4v) is 3.81. The maximum Gasteiger partial charge on any atom is 0.194 e. The first-order valence-corrected chi connectivity index (χ1v) is 8.38. The van der Waals surface area contributed by atoms with Gasteiger partial charge in [0.25, 0.3) is 0 Å². The average Bonchev–Trinajstić information content (AvgIpc) is 2.96. The van der Waals surface area contributed by atoms with E-state index >= 15 is 0 Å². The van der Waals surface area contributed by atoms with E-state index in [1.54, 1.807) is 11.3 Å².